The largest absolute Gasteiger partial charge is 0.508 e. The predicted octanol–water partition coefficient (Wildman–Crippen LogP) is 3.84. The second-order valence-corrected chi connectivity index (χ2v) is 5.51. The number of rotatable bonds is 6. The van der Waals surface area contributed by atoms with Gasteiger partial charge in [0, 0.05) is 11.7 Å². The third-order valence-corrected chi connectivity index (χ3v) is 3.93. The lowest BCUT2D eigenvalue weighted by Crippen LogP contribution is -2.04. The highest BCUT2D eigenvalue weighted by Gasteiger charge is 2.17. The minimum absolute atomic E-state index is 0.0231. The minimum Gasteiger partial charge on any atom is -0.508 e. The molecule has 0 fully saturated rings. The molecule has 2 aromatic carbocycles. The van der Waals surface area contributed by atoms with Crippen LogP contribution in [-0.4, -0.2) is 22.6 Å². The van der Waals surface area contributed by atoms with Crippen LogP contribution in [0.2, 0.25) is 0 Å². The van der Waals surface area contributed by atoms with Crippen molar-refractivity contribution >= 4 is 11.8 Å². The number of benzene rings is 2. The maximum atomic E-state index is 9.82. The van der Waals surface area contributed by atoms with E-state index < -0.39 is 0 Å². The summed E-state index contributed by atoms with van der Waals surface area (Å²) in [5.74, 6) is 1.30. The number of phenols is 2. The summed E-state index contributed by atoms with van der Waals surface area (Å²) < 4.78 is 5.43. The molecule has 0 aliphatic carbocycles. The summed E-state index contributed by atoms with van der Waals surface area (Å²) in [4.78, 5) is 0. The summed E-state index contributed by atoms with van der Waals surface area (Å²) in [7, 11) is 0. The molecule has 0 amide bonds. The van der Waals surface area contributed by atoms with Crippen molar-refractivity contribution in [3.63, 3.8) is 0 Å². The van der Waals surface area contributed by atoms with Gasteiger partial charge >= 0.3 is 0 Å². The number of hydrogen-bond acceptors (Lipinski definition) is 5. The Labute approximate surface area is 134 Å². The van der Waals surface area contributed by atoms with E-state index in [0.29, 0.717) is 18.1 Å². The molecule has 0 heterocycles. The van der Waals surface area contributed by atoms with Crippen LogP contribution in [0.3, 0.4) is 0 Å². The molecule has 1 atom stereocenters. The van der Waals surface area contributed by atoms with Crippen LogP contribution in [0, 0.1) is 10.7 Å². The van der Waals surface area contributed by atoms with Crippen molar-refractivity contribution in [3.05, 3.63) is 53.6 Å². The molecule has 0 radical (unpaired) electrons. The van der Waals surface area contributed by atoms with Crippen LogP contribution in [-0.2, 0) is 0 Å². The van der Waals surface area contributed by atoms with Crippen LogP contribution < -0.4 is 4.74 Å². The molecule has 0 aliphatic heterocycles. The molecule has 4 nitrogen and oxygen atoms in total. The van der Waals surface area contributed by atoms with E-state index in [-0.39, 0.29) is 17.4 Å². The van der Waals surface area contributed by atoms with E-state index in [1.54, 1.807) is 24.3 Å². The Morgan fingerprint density at radius 1 is 1.14 bits per heavy atom. The maximum Gasteiger partial charge on any atom is 0.161 e. The predicted molar refractivity (Wildman–Crippen MR) is 87.3 cm³/mol. The van der Waals surface area contributed by atoms with Gasteiger partial charge in [-0.2, -0.15) is 5.26 Å². The molecule has 22 heavy (non-hydrogen) atoms. The minimum atomic E-state index is -0.0231. The number of nitriles is 1. The van der Waals surface area contributed by atoms with E-state index in [0.717, 1.165) is 11.1 Å². The van der Waals surface area contributed by atoms with Crippen LogP contribution in [0.15, 0.2) is 42.5 Å². The summed E-state index contributed by atoms with van der Waals surface area (Å²) in [6.45, 7) is 2.32. The summed E-state index contributed by atoms with van der Waals surface area (Å²) >= 11 is 1.17. The van der Waals surface area contributed by atoms with Crippen molar-refractivity contribution in [2.45, 2.75) is 12.8 Å². The van der Waals surface area contributed by atoms with Gasteiger partial charge in [0.2, 0.25) is 0 Å². The fraction of sp³-hybridized carbons (Fsp3) is 0.235. The van der Waals surface area contributed by atoms with E-state index in [2.05, 4.69) is 5.40 Å². The molecule has 2 N–H and O–H groups in total. The van der Waals surface area contributed by atoms with Crippen LogP contribution in [0.1, 0.15) is 24.0 Å². The van der Waals surface area contributed by atoms with Gasteiger partial charge in [0.15, 0.2) is 11.5 Å². The third kappa shape index (κ3) is 3.86. The molecular weight excluding hydrogens is 298 g/mol. The Balaban J connectivity index is 2.38. The van der Waals surface area contributed by atoms with E-state index in [9.17, 15) is 10.2 Å². The summed E-state index contributed by atoms with van der Waals surface area (Å²) in [5, 5.41) is 30.2. The molecule has 0 aromatic heterocycles. The van der Waals surface area contributed by atoms with Crippen LogP contribution in [0.4, 0.5) is 0 Å². The van der Waals surface area contributed by atoms with Gasteiger partial charge in [0.1, 0.15) is 11.2 Å². The number of ether oxygens (including phenoxy) is 1. The monoisotopic (exact) mass is 315 g/mol. The highest BCUT2D eigenvalue weighted by Crippen LogP contribution is 2.35. The summed E-state index contributed by atoms with van der Waals surface area (Å²) in [6, 6.07) is 12.2. The van der Waals surface area contributed by atoms with Gasteiger partial charge in [0.05, 0.1) is 6.61 Å². The summed E-state index contributed by atoms with van der Waals surface area (Å²) in [6.07, 6.45) is 0. The maximum absolute atomic E-state index is 9.82. The van der Waals surface area contributed by atoms with Crippen molar-refractivity contribution in [2.24, 2.45) is 0 Å². The fourth-order valence-corrected chi connectivity index (χ4v) is 2.86. The van der Waals surface area contributed by atoms with Gasteiger partial charge in [-0.1, -0.05) is 18.2 Å². The van der Waals surface area contributed by atoms with E-state index >= 15 is 0 Å². The molecule has 0 bridgehead atoms. The lowest BCUT2D eigenvalue weighted by atomic mass is 9.92. The number of thiocyanates is 1. The van der Waals surface area contributed by atoms with Crippen molar-refractivity contribution in [2.75, 3.05) is 12.4 Å². The molecule has 5 heteroatoms. The van der Waals surface area contributed by atoms with Gasteiger partial charge in [0.25, 0.3) is 0 Å². The highest BCUT2D eigenvalue weighted by atomic mass is 32.2. The first kappa shape index (κ1) is 16.1. The Morgan fingerprint density at radius 3 is 2.45 bits per heavy atom. The normalized spacial score (nSPS) is 11.6. The molecule has 0 aliphatic rings. The van der Waals surface area contributed by atoms with Gasteiger partial charge in [-0.05, 0) is 54.1 Å². The number of aromatic hydroxyl groups is 2. The number of phenolic OH excluding ortho intramolecular Hbond substituents is 2. The van der Waals surface area contributed by atoms with E-state index in [1.807, 2.05) is 25.1 Å². The van der Waals surface area contributed by atoms with Gasteiger partial charge in [-0.3, -0.25) is 0 Å². The molecule has 0 saturated carbocycles. The molecule has 2 rings (SSSR count). The van der Waals surface area contributed by atoms with E-state index in [4.69, 9.17) is 10.00 Å². The first-order chi connectivity index (χ1) is 10.7. The Morgan fingerprint density at radius 2 is 1.82 bits per heavy atom. The lowest BCUT2D eigenvalue weighted by Gasteiger charge is -2.18. The number of hydrogen-bond donors (Lipinski definition) is 2. The SMILES string of the molecule is CCOc1cc([C@H](CSC#N)c2ccc(O)cc2)ccc1O. The zero-order valence-electron chi connectivity index (χ0n) is 12.2. The van der Waals surface area contributed by atoms with E-state index in [1.165, 1.54) is 11.8 Å². The lowest BCUT2D eigenvalue weighted by molar-refractivity contribution is 0.317. The van der Waals surface area contributed by atoms with Crippen LogP contribution in [0.25, 0.3) is 0 Å². The highest BCUT2D eigenvalue weighted by molar-refractivity contribution is 8.03. The molecular formula is C17H17NO3S. The fourth-order valence-electron chi connectivity index (χ4n) is 2.23. The van der Waals surface area contributed by atoms with Crippen LogP contribution in [0.5, 0.6) is 17.2 Å². The summed E-state index contributed by atoms with van der Waals surface area (Å²) in [5.41, 5.74) is 1.95. The first-order valence-corrected chi connectivity index (χ1v) is 7.89. The zero-order chi connectivity index (χ0) is 15.9. The average molecular weight is 315 g/mol. The zero-order valence-corrected chi connectivity index (χ0v) is 13.0. The quantitative estimate of drug-likeness (QED) is 0.792. The molecule has 0 unspecified atom stereocenters. The van der Waals surface area contributed by atoms with Crippen molar-refractivity contribution in [1.82, 2.24) is 0 Å². The third-order valence-electron chi connectivity index (χ3n) is 3.30. The second-order valence-electron chi connectivity index (χ2n) is 4.71. The Kier molecular flexibility index (Phi) is 5.56. The Bertz CT molecular complexity index is 665. The second kappa shape index (κ2) is 7.62. The molecule has 2 aromatic rings. The van der Waals surface area contributed by atoms with Crippen molar-refractivity contribution in [3.8, 4) is 22.6 Å². The smallest absolute Gasteiger partial charge is 0.161 e. The number of nitrogens with zero attached hydrogens (tertiary/aromatic N) is 1. The van der Waals surface area contributed by atoms with Crippen molar-refractivity contribution in [1.29, 1.82) is 5.26 Å². The Hall–Kier alpha value is -2.32. The standard InChI is InChI=1S/C17H17NO3S/c1-2-21-17-9-13(5-8-16(17)20)15(10-22-11-18)12-3-6-14(19)7-4-12/h3-9,15,19-20H,2,10H2,1H3/t15-/m1/s1. The first-order valence-electron chi connectivity index (χ1n) is 6.91. The molecule has 0 spiro atoms. The molecule has 114 valence electrons. The number of thioether (sulfide) groups is 1. The van der Waals surface area contributed by atoms with Gasteiger partial charge < -0.3 is 14.9 Å². The van der Waals surface area contributed by atoms with Crippen molar-refractivity contribution < 1.29 is 14.9 Å². The molecule has 0 saturated heterocycles. The van der Waals surface area contributed by atoms with Gasteiger partial charge in [-0.15, -0.1) is 0 Å². The topological polar surface area (TPSA) is 73.5 Å². The van der Waals surface area contributed by atoms with Crippen LogP contribution >= 0.6 is 11.8 Å². The van der Waals surface area contributed by atoms with Gasteiger partial charge in [-0.25, -0.2) is 0 Å². The average Bonchev–Trinajstić information content (AvgIpc) is 2.52.